The number of anilines is 6. The van der Waals surface area contributed by atoms with E-state index in [1.807, 2.05) is 45.3 Å². The highest BCUT2D eigenvalue weighted by atomic mass is 32.1. The van der Waals surface area contributed by atoms with Crippen LogP contribution in [0.5, 0.6) is 0 Å². The number of nitrogens with zero attached hydrogens (tertiary/aromatic N) is 2. The van der Waals surface area contributed by atoms with Crippen molar-refractivity contribution in [3.05, 3.63) is 172 Å². The Morgan fingerprint density at radius 1 is 0.370 bits per heavy atom. The predicted octanol–water partition coefficient (Wildman–Crippen LogP) is 19.1. The van der Waals surface area contributed by atoms with E-state index in [0.717, 1.165) is 0 Å². The molecule has 2 nitrogen and oxygen atoms in total. The van der Waals surface area contributed by atoms with E-state index in [4.69, 9.17) is 0 Å². The molecule has 2 aliphatic rings. The summed E-state index contributed by atoms with van der Waals surface area (Å²) in [7, 11) is 0. The first-order valence-corrected chi connectivity index (χ1v) is 29.1. The zero-order chi connectivity index (χ0) is 50.8. The minimum absolute atomic E-state index is 0.00122. The molecule has 0 N–H and O–H groups in total. The molecule has 13 rings (SSSR count). The second-order valence-electron chi connectivity index (χ2n) is 24.1. The van der Waals surface area contributed by atoms with Crippen LogP contribution in [0.2, 0.25) is 0 Å². The molecule has 0 aliphatic carbocycles. The average Bonchev–Trinajstić information content (AvgIpc) is 4.14. The molecule has 2 aliphatic heterocycles. The van der Waals surface area contributed by atoms with Gasteiger partial charge >= 0.3 is 0 Å². The molecule has 0 radical (unpaired) electrons. The zero-order valence-corrected chi connectivity index (χ0v) is 47.6. The molecule has 0 bridgehead atoms. The first kappa shape index (κ1) is 46.8. The third-order valence-electron chi connectivity index (χ3n) is 15.8. The minimum atomic E-state index is -0.132. The Hall–Kier alpha value is -5.96. The van der Waals surface area contributed by atoms with Gasteiger partial charge in [-0.2, -0.15) is 0 Å². The Morgan fingerprint density at radius 2 is 0.753 bits per heavy atom. The fourth-order valence-electron chi connectivity index (χ4n) is 12.0. The van der Waals surface area contributed by atoms with Gasteiger partial charge < -0.3 is 9.80 Å². The summed E-state index contributed by atoms with van der Waals surface area (Å²) in [5, 5.41) is 8.03. The summed E-state index contributed by atoms with van der Waals surface area (Å²) in [6.45, 7) is 30.8. The molecule has 11 aromatic rings. The van der Waals surface area contributed by atoms with Gasteiger partial charge in [-0.3, -0.25) is 0 Å². The second-order valence-corrected chi connectivity index (χ2v) is 28.3. The Kier molecular flexibility index (Phi) is 10.4. The normalized spacial score (nSPS) is 13.7. The van der Waals surface area contributed by atoms with Crippen LogP contribution in [0.1, 0.15) is 101 Å². The van der Waals surface area contributed by atoms with Crippen molar-refractivity contribution in [2.75, 3.05) is 9.80 Å². The molecule has 0 spiro atoms. The largest absolute Gasteiger partial charge is 0.302 e. The van der Waals surface area contributed by atoms with Gasteiger partial charge in [0.05, 0.1) is 21.4 Å². The quantitative estimate of drug-likeness (QED) is 0.162. The third-order valence-corrected chi connectivity index (χ3v) is 20.4. The van der Waals surface area contributed by atoms with Gasteiger partial charge in [0.2, 0.25) is 0 Å². The predicted molar refractivity (Wildman–Crippen MR) is 328 cm³/mol. The van der Waals surface area contributed by atoms with Crippen molar-refractivity contribution in [2.45, 2.75) is 106 Å². The summed E-state index contributed by atoms with van der Waals surface area (Å²) in [4.78, 5) is 8.08. The van der Waals surface area contributed by atoms with E-state index >= 15 is 0 Å². The molecule has 4 aromatic heterocycles. The summed E-state index contributed by atoms with van der Waals surface area (Å²) >= 11 is 7.75. The molecule has 0 unspecified atom stereocenters. The van der Waals surface area contributed by atoms with Crippen LogP contribution in [0.15, 0.2) is 133 Å². The molecule has 0 saturated carbocycles. The number of hydrogen-bond acceptors (Lipinski definition) is 6. The SMILES string of the molecule is Cc1cc(-c2cc3ccccc3s2)cc(C)c1N1c2cc(C(C)(C)C)cc3c2B(c2c1sc1ccc(C(C)(C)C)cc21)c1c(sc2ccc(C(C)(C)C)cc12)N3c1c(C)cc(-c2cc3ccccc3s2)cc1C. The van der Waals surface area contributed by atoms with Crippen LogP contribution in [0, 0.1) is 27.7 Å². The number of fused-ring (bicyclic) bond motifs is 10. The lowest BCUT2D eigenvalue weighted by molar-refractivity contribution is 0.590. The van der Waals surface area contributed by atoms with Gasteiger partial charge in [-0.15, -0.1) is 45.3 Å². The lowest BCUT2D eigenvalue weighted by atomic mass is 9.33. The Morgan fingerprint density at radius 3 is 1.12 bits per heavy atom. The van der Waals surface area contributed by atoms with E-state index in [9.17, 15) is 0 Å². The first-order chi connectivity index (χ1) is 34.7. The number of rotatable bonds is 4. The van der Waals surface area contributed by atoms with E-state index in [0.29, 0.717) is 0 Å². The van der Waals surface area contributed by atoms with Crippen molar-refractivity contribution in [1.29, 1.82) is 0 Å². The summed E-state index contributed by atoms with van der Waals surface area (Å²) in [6.07, 6.45) is 0. The number of thiophene rings is 4. The van der Waals surface area contributed by atoms with Gasteiger partial charge in [0.25, 0.3) is 6.71 Å². The van der Waals surface area contributed by atoms with Crippen LogP contribution < -0.4 is 26.2 Å². The third kappa shape index (κ3) is 7.35. The fraction of sp³-hybridized carbons (Fsp3) is 0.242. The van der Waals surface area contributed by atoms with Crippen LogP contribution in [0.4, 0.5) is 32.8 Å². The molecule has 7 aromatic carbocycles. The van der Waals surface area contributed by atoms with Crippen molar-refractivity contribution in [1.82, 2.24) is 0 Å². The van der Waals surface area contributed by atoms with Gasteiger partial charge in [0.1, 0.15) is 0 Å². The summed E-state index contributed by atoms with van der Waals surface area (Å²) in [5.74, 6) is 0. The maximum Gasteiger partial charge on any atom is 0.256 e. The lowest BCUT2D eigenvalue weighted by Gasteiger charge is -2.44. The van der Waals surface area contributed by atoms with Gasteiger partial charge in [0, 0.05) is 39.9 Å². The second kappa shape index (κ2) is 16.3. The molecule has 73 heavy (non-hydrogen) atoms. The van der Waals surface area contributed by atoms with Gasteiger partial charge in [-0.1, -0.05) is 123 Å². The number of hydrogen-bond donors (Lipinski definition) is 0. The smallest absolute Gasteiger partial charge is 0.256 e. The minimum Gasteiger partial charge on any atom is -0.302 e. The molecule has 0 fully saturated rings. The Balaban J connectivity index is 1.14. The van der Waals surface area contributed by atoms with E-state index in [-0.39, 0.29) is 23.0 Å². The lowest BCUT2D eigenvalue weighted by Crippen LogP contribution is -2.61. The zero-order valence-electron chi connectivity index (χ0n) is 44.3. The summed E-state index contributed by atoms with van der Waals surface area (Å²) in [5.41, 5.74) is 21.0. The highest BCUT2D eigenvalue weighted by Crippen LogP contribution is 2.54. The Bertz CT molecular complexity index is 3750. The standard InChI is InChI=1S/C66H61BN2S4/c1-36-26-42(55-30-40-18-14-16-20-51(40)70-55)27-37(2)60(36)68-49-34-46(66(11,12)13)35-50-59(49)67(57-47-32-44(64(5,6)7)22-24-53(47)72-62(57)68)58-48-33-45(65(8,9)10)23-25-54(48)73-63(58)69(50)61-38(3)28-43(29-39(61)4)56-31-41-19-15-17-21-52(41)71-56/h14-35H,1-13H3. The van der Waals surface area contributed by atoms with Crippen LogP contribution in [0.3, 0.4) is 0 Å². The summed E-state index contributed by atoms with van der Waals surface area (Å²) < 4.78 is 5.34. The van der Waals surface area contributed by atoms with Crippen molar-refractivity contribution in [3.63, 3.8) is 0 Å². The fourth-order valence-corrected chi connectivity index (χ4v) is 16.6. The summed E-state index contributed by atoms with van der Waals surface area (Å²) in [6, 6.07) is 52.1. The monoisotopic (exact) mass is 1020 g/mol. The van der Waals surface area contributed by atoms with Crippen molar-refractivity contribution in [3.8, 4) is 20.9 Å². The maximum absolute atomic E-state index is 2.73. The van der Waals surface area contributed by atoms with Gasteiger partial charge in [-0.05, 0) is 205 Å². The Labute approximate surface area is 447 Å². The molecule has 7 heteroatoms. The van der Waals surface area contributed by atoms with Crippen LogP contribution >= 0.6 is 45.3 Å². The molecule has 6 heterocycles. The van der Waals surface area contributed by atoms with E-state index in [1.165, 1.54) is 149 Å². The van der Waals surface area contributed by atoms with Crippen molar-refractivity contribution >= 4 is 142 Å². The highest BCUT2D eigenvalue weighted by molar-refractivity contribution is 7.29. The molecule has 0 amide bonds. The molecule has 0 atom stereocenters. The van der Waals surface area contributed by atoms with E-state index in [1.54, 1.807) is 0 Å². The van der Waals surface area contributed by atoms with E-state index < -0.39 is 0 Å². The molecule has 362 valence electrons. The van der Waals surface area contributed by atoms with Gasteiger partial charge in [-0.25, -0.2) is 0 Å². The van der Waals surface area contributed by atoms with Crippen LogP contribution in [0.25, 0.3) is 61.2 Å². The highest BCUT2D eigenvalue weighted by Gasteiger charge is 2.48. The van der Waals surface area contributed by atoms with Crippen LogP contribution in [-0.4, -0.2) is 6.71 Å². The molecular formula is C66H61BN2S4. The topological polar surface area (TPSA) is 6.48 Å². The molecule has 0 saturated heterocycles. The van der Waals surface area contributed by atoms with Crippen LogP contribution in [-0.2, 0) is 16.2 Å². The van der Waals surface area contributed by atoms with E-state index in [2.05, 4.69) is 233 Å². The van der Waals surface area contributed by atoms with Crippen molar-refractivity contribution in [2.24, 2.45) is 0 Å². The first-order valence-electron chi connectivity index (χ1n) is 25.8. The molecular weight excluding hydrogens is 960 g/mol. The number of benzene rings is 7. The average molecular weight is 1020 g/mol. The van der Waals surface area contributed by atoms with Gasteiger partial charge in [0.15, 0.2) is 0 Å². The van der Waals surface area contributed by atoms with Crippen molar-refractivity contribution < 1.29 is 0 Å². The number of aryl methyl sites for hydroxylation is 4. The maximum atomic E-state index is 2.73.